The molecular formula is C57H105NO13. The van der Waals surface area contributed by atoms with Crippen molar-refractivity contribution in [3.05, 3.63) is 36.5 Å². The summed E-state index contributed by atoms with van der Waals surface area (Å²) in [6.45, 7) is 2.75. The third-order valence-corrected chi connectivity index (χ3v) is 14.1. The maximum Gasteiger partial charge on any atom is 0.220 e. The van der Waals surface area contributed by atoms with Crippen LogP contribution in [-0.4, -0.2) is 140 Å². The third kappa shape index (κ3) is 29.8. The van der Waals surface area contributed by atoms with Gasteiger partial charge in [0, 0.05) is 6.42 Å². The van der Waals surface area contributed by atoms with Crippen molar-refractivity contribution in [2.75, 3.05) is 19.8 Å². The van der Waals surface area contributed by atoms with Crippen molar-refractivity contribution < 1.29 is 64.6 Å². The van der Waals surface area contributed by atoms with Gasteiger partial charge in [0.05, 0.1) is 32.0 Å². The molecule has 0 aromatic carbocycles. The molecule has 0 spiro atoms. The van der Waals surface area contributed by atoms with E-state index in [4.69, 9.17) is 18.9 Å². The molecule has 0 saturated carbocycles. The molecule has 14 nitrogen and oxygen atoms in total. The number of hydrogen-bond acceptors (Lipinski definition) is 13. The number of aliphatic hydroxyl groups is 8. The number of hydrogen-bond donors (Lipinski definition) is 9. The second-order valence-corrected chi connectivity index (χ2v) is 20.4. The second kappa shape index (κ2) is 43.4. The second-order valence-electron chi connectivity index (χ2n) is 20.4. The molecule has 9 N–H and O–H groups in total. The first kappa shape index (κ1) is 65.3. The normalized spacial score (nSPS) is 26.0. The summed E-state index contributed by atoms with van der Waals surface area (Å²) in [7, 11) is 0. The van der Waals surface area contributed by atoms with E-state index in [9.17, 15) is 45.6 Å². The maximum absolute atomic E-state index is 13.1. The topological polar surface area (TPSA) is 228 Å². The zero-order valence-corrected chi connectivity index (χ0v) is 44.5. The fraction of sp³-hybridized carbons (Fsp3) is 0.877. The van der Waals surface area contributed by atoms with Crippen LogP contribution >= 0.6 is 0 Å². The van der Waals surface area contributed by atoms with Crippen molar-refractivity contribution in [3.8, 4) is 0 Å². The highest BCUT2D eigenvalue weighted by atomic mass is 16.7. The summed E-state index contributed by atoms with van der Waals surface area (Å²) in [5.74, 6) is -0.255. The Bertz CT molecular complexity index is 1330. The molecule has 1 amide bonds. The van der Waals surface area contributed by atoms with Crippen molar-refractivity contribution in [2.24, 2.45) is 0 Å². The summed E-state index contributed by atoms with van der Waals surface area (Å²) in [5.41, 5.74) is 0. The fourth-order valence-electron chi connectivity index (χ4n) is 9.38. The third-order valence-electron chi connectivity index (χ3n) is 14.1. The number of allylic oxidation sites excluding steroid dienone is 5. The van der Waals surface area contributed by atoms with Gasteiger partial charge in [-0.05, 0) is 44.9 Å². The number of amides is 1. The summed E-state index contributed by atoms with van der Waals surface area (Å²) in [6, 6.07) is -0.933. The van der Waals surface area contributed by atoms with E-state index in [1.54, 1.807) is 6.08 Å². The first-order valence-electron chi connectivity index (χ1n) is 28.7. The Morgan fingerprint density at radius 1 is 0.493 bits per heavy atom. The van der Waals surface area contributed by atoms with E-state index in [2.05, 4.69) is 43.5 Å². The fourth-order valence-corrected chi connectivity index (χ4v) is 9.38. The van der Waals surface area contributed by atoms with E-state index >= 15 is 0 Å². The van der Waals surface area contributed by atoms with E-state index < -0.39 is 86.8 Å². The predicted octanol–water partition coefficient (Wildman–Crippen LogP) is 9.05. The van der Waals surface area contributed by atoms with Gasteiger partial charge in [0.1, 0.15) is 48.8 Å². The number of ether oxygens (including phenoxy) is 4. The smallest absolute Gasteiger partial charge is 0.220 e. The van der Waals surface area contributed by atoms with Crippen LogP contribution in [0.15, 0.2) is 36.5 Å². The molecule has 2 rings (SSSR count). The largest absolute Gasteiger partial charge is 0.394 e. The molecule has 12 unspecified atom stereocenters. The highest BCUT2D eigenvalue weighted by Gasteiger charge is 2.51. The Kier molecular flexibility index (Phi) is 40.0. The predicted molar refractivity (Wildman–Crippen MR) is 281 cm³/mol. The van der Waals surface area contributed by atoms with Crippen LogP contribution in [0.1, 0.15) is 226 Å². The lowest BCUT2D eigenvalue weighted by Crippen LogP contribution is -2.65. The minimum absolute atomic E-state index is 0.255. The van der Waals surface area contributed by atoms with Gasteiger partial charge in [-0.1, -0.05) is 211 Å². The average molecular weight is 1010 g/mol. The van der Waals surface area contributed by atoms with Crippen molar-refractivity contribution in [2.45, 2.75) is 299 Å². The van der Waals surface area contributed by atoms with Crippen LogP contribution in [0.5, 0.6) is 0 Å². The Balaban J connectivity index is 1.75. The Labute approximate surface area is 430 Å². The Hall–Kier alpha value is -1.79. The van der Waals surface area contributed by atoms with Gasteiger partial charge < -0.3 is 65.1 Å². The van der Waals surface area contributed by atoms with Gasteiger partial charge in [-0.15, -0.1) is 0 Å². The first-order valence-corrected chi connectivity index (χ1v) is 28.7. The zero-order valence-electron chi connectivity index (χ0n) is 44.5. The number of aliphatic hydroxyl groups excluding tert-OH is 8. The maximum atomic E-state index is 13.1. The molecule has 2 fully saturated rings. The number of nitrogens with one attached hydrogen (secondary N) is 1. The van der Waals surface area contributed by atoms with Gasteiger partial charge in [0.15, 0.2) is 12.6 Å². The molecule has 0 aromatic heterocycles. The number of carbonyl (C=O) groups is 1. The number of carbonyl (C=O) groups excluding carboxylic acids is 1. The summed E-state index contributed by atoms with van der Waals surface area (Å²) < 4.78 is 22.7. The Morgan fingerprint density at radius 2 is 0.901 bits per heavy atom. The van der Waals surface area contributed by atoms with Gasteiger partial charge in [0.25, 0.3) is 0 Å². The minimum Gasteiger partial charge on any atom is -0.394 e. The molecule has 416 valence electrons. The minimum atomic E-state index is -1.79. The molecule has 0 radical (unpaired) electrons. The van der Waals surface area contributed by atoms with Crippen LogP contribution in [0.4, 0.5) is 0 Å². The Morgan fingerprint density at radius 3 is 1.38 bits per heavy atom. The number of rotatable bonds is 45. The monoisotopic (exact) mass is 1010 g/mol. The van der Waals surface area contributed by atoms with E-state index in [0.29, 0.717) is 12.8 Å². The van der Waals surface area contributed by atoms with Crippen LogP contribution in [0, 0.1) is 0 Å². The van der Waals surface area contributed by atoms with Gasteiger partial charge in [0.2, 0.25) is 5.91 Å². The lowest BCUT2D eigenvalue weighted by atomic mass is 9.97. The molecule has 0 bridgehead atoms. The van der Waals surface area contributed by atoms with Crippen molar-refractivity contribution >= 4 is 5.91 Å². The molecular weight excluding hydrogens is 907 g/mol. The van der Waals surface area contributed by atoms with Crippen LogP contribution < -0.4 is 5.32 Å². The number of unbranched alkanes of at least 4 members (excludes halogenated alkanes) is 28. The van der Waals surface area contributed by atoms with Gasteiger partial charge >= 0.3 is 0 Å². The zero-order chi connectivity index (χ0) is 51.7. The van der Waals surface area contributed by atoms with E-state index in [-0.39, 0.29) is 18.9 Å². The van der Waals surface area contributed by atoms with Crippen molar-refractivity contribution in [3.63, 3.8) is 0 Å². The molecule has 0 aliphatic carbocycles. The average Bonchev–Trinajstić information content (AvgIpc) is 3.37. The van der Waals surface area contributed by atoms with Crippen LogP contribution in [0.2, 0.25) is 0 Å². The highest BCUT2D eigenvalue weighted by molar-refractivity contribution is 5.76. The van der Waals surface area contributed by atoms with E-state index in [1.807, 2.05) is 6.08 Å². The molecule has 0 aromatic rings. The van der Waals surface area contributed by atoms with Crippen LogP contribution in [-0.2, 0) is 23.7 Å². The molecule has 12 atom stereocenters. The summed E-state index contributed by atoms with van der Waals surface area (Å²) in [4.78, 5) is 13.1. The van der Waals surface area contributed by atoms with E-state index in [0.717, 1.165) is 44.9 Å². The standard InChI is InChI=1S/C57H105NO13/c1-3-5-7-9-11-13-15-16-17-18-19-20-21-22-23-24-25-26-27-28-29-30-31-32-34-36-38-40-46(61)45(58-49(62)41-39-37-35-33-14-12-10-8-6-4-2)44-68-56-54(67)52(65)55(48(43-60)70-56)71-57-53(66)51(64)50(63)47(42-59)69-57/h27-28,31-32,38,40,45-48,50-57,59-61,63-67H,3-26,29-30,33-37,39,41-44H2,1-2H3,(H,58,62)/b28-27+,32-31+,40-38+. The van der Waals surface area contributed by atoms with Crippen molar-refractivity contribution in [1.29, 1.82) is 0 Å². The van der Waals surface area contributed by atoms with Gasteiger partial charge in [-0.2, -0.15) is 0 Å². The molecule has 2 heterocycles. The molecule has 14 heteroatoms. The van der Waals surface area contributed by atoms with Crippen molar-refractivity contribution in [1.82, 2.24) is 5.32 Å². The van der Waals surface area contributed by atoms with Gasteiger partial charge in [-0.25, -0.2) is 0 Å². The lowest BCUT2D eigenvalue weighted by molar-refractivity contribution is -0.359. The summed E-state index contributed by atoms with van der Waals surface area (Å²) in [5, 5.41) is 86.8. The van der Waals surface area contributed by atoms with Crippen LogP contribution in [0.3, 0.4) is 0 Å². The van der Waals surface area contributed by atoms with E-state index in [1.165, 1.54) is 148 Å². The summed E-state index contributed by atoms with van der Waals surface area (Å²) >= 11 is 0. The summed E-state index contributed by atoms with van der Waals surface area (Å²) in [6.07, 6.45) is 35.0. The SMILES string of the molecule is CCCCCCCCCCCCCCCCCCC/C=C/CC/C=C/CC/C=C/C(O)C(COC1OC(CO)C(OC2OC(CO)C(O)C(O)C2O)C(O)C1O)NC(=O)CCCCCCCCCCCC. The molecule has 2 aliphatic rings. The van der Waals surface area contributed by atoms with Gasteiger partial charge in [-0.3, -0.25) is 4.79 Å². The molecule has 2 aliphatic heterocycles. The first-order chi connectivity index (χ1) is 34.6. The molecule has 2 saturated heterocycles. The van der Waals surface area contributed by atoms with Crippen LogP contribution in [0.25, 0.3) is 0 Å². The lowest BCUT2D eigenvalue weighted by Gasteiger charge is -2.46. The quantitative estimate of drug-likeness (QED) is 0.0205. The highest BCUT2D eigenvalue weighted by Crippen LogP contribution is 2.30. The molecule has 71 heavy (non-hydrogen) atoms.